The molecule has 19 heavy (non-hydrogen) atoms. The number of anilines is 1. The highest BCUT2D eigenvalue weighted by Crippen LogP contribution is 2.23. The fourth-order valence-electron chi connectivity index (χ4n) is 2.09. The molecule has 0 aliphatic heterocycles. The van der Waals surface area contributed by atoms with Gasteiger partial charge < -0.3 is 5.32 Å². The second kappa shape index (κ2) is 6.69. The van der Waals surface area contributed by atoms with E-state index in [9.17, 15) is 4.79 Å². The van der Waals surface area contributed by atoms with Gasteiger partial charge in [-0.15, -0.1) is 0 Å². The Hall–Kier alpha value is -2.16. The number of hydrogen-bond acceptors (Lipinski definition) is 2. The predicted molar refractivity (Wildman–Crippen MR) is 77.0 cm³/mol. The number of pyridine rings is 1. The maximum absolute atomic E-state index is 12.4. The molecular formula is C16H18N2O. The zero-order chi connectivity index (χ0) is 13.5. The minimum absolute atomic E-state index is 0.0410. The van der Waals surface area contributed by atoms with E-state index in [-0.39, 0.29) is 11.8 Å². The molecule has 0 spiro atoms. The van der Waals surface area contributed by atoms with E-state index in [2.05, 4.69) is 17.2 Å². The molecule has 1 N–H and O–H groups in total. The van der Waals surface area contributed by atoms with Crippen LogP contribution < -0.4 is 5.32 Å². The molecule has 0 bridgehead atoms. The quantitative estimate of drug-likeness (QED) is 0.885. The Kier molecular flexibility index (Phi) is 4.67. The van der Waals surface area contributed by atoms with Crippen LogP contribution in [0.3, 0.4) is 0 Å². The monoisotopic (exact) mass is 254 g/mol. The van der Waals surface area contributed by atoms with Gasteiger partial charge in [0.25, 0.3) is 0 Å². The van der Waals surface area contributed by atoms with Crippen molar-refractivity contribution in [2.45, 2.75) is 25.7 Å². The zero-order valence-electron chi connectivity index (χ0n) is 11.0. The standard InChI is InChI=1S/C16H18N2O/c1-2-6-15(13-7-4-3-5-8-13)16(19)18-14-9-11-17-12-10-14/h3-5,7-12,15H,2,6H2,1H3,(H,17,18,19)/t15-/m1/s1. The average molecular weight is 254 g/mol. The first-order valence-corrected chi connectivity index (χ1v) is 6.57. The van der Waals surface area contributed by atoms with Crippen LogP contribution in [0.15, 0.2) is 54.9 Å². The summed E-state index contributed by atoms with van der Waals surface area (Å²) in [4.78, 5) is 16.3. The lowest BCUT2D eigenvalue weighted by Crippen LogP contribution is -2.21. The molecule has 0 saturated carbocycles. The summed E-state index contributed by atoms with van der Waals surface area (Å²) in [5.41, 5.74) is 1.85. The number of nitrogens with zero attached hydrogens (tertiary/aromatic N) is 1. The van der Waals surface area contributed by atoms with E-state index in [1.165, 1.54) is 0 Å². The Morgan fingerprint density at radius 2 is 1.84 bits per heavy atom. The molecule has 2 rings (SSSR count). The highest BCUT2D eigenvalue weighted by Gasteiger charge is 2.19. The number of carbonyl (C=O) groups is 1. The van der Waals surface area contributed by atoms with Gasteiger partial charge in [-0.3, -0.25) is 9.78 Å². The van der Waals surface area contributed by atoms with Crippen LogP contribution in [0, 0.1) is 0 Å². The average Bonchev–Trinajstić information content (AvgIpc) is 2.46. The van der Waals surface area contributed by atoms with Crippen molar-refractivity contribution in [2.24, 2.45) is 0 Å². The summed E-state index contributed by atoms with van der Waals surface area (Å²) in [5.74, 6) is -0.0568. The van der Waals surface area contributed by atoms with Crippen LogP contribution in [0.5, 0.6) is 0 Å². The molecule has 98 valence electrons. The fourth-order valence-corrected chi connectivity index (χ4v) is 2.09. The van der Waals surface area contributed by atoms with Crippen molar-refractivity contribution in [3.8, 4) is 0 Å². The SMILES string of the molecule is CCC[C@@H](C(=O)Nc1ccncc1)c1ccccc1. The van der Waals surface area contributed by atoms with Crippen molar-refractivity contribution >= 4 is 11.6 Å². The van der Waals surface area contributed by atoms with Crippen LogP contribution in [0.25, 0.3) is 0 Å². The molecule has 1 aromatic heterocycles. The molecule has 1 atom stereocenters. The molecule has 0 aliphatic rings. The Morgan fingerprint density at radius 1 is 1.16 bits per heavy atom. The third kappa shape index (κ3) is 3.65. The van der Waals surface area contributed by atoms with Crippen molar-refractivity contribution in [3.05, 3.63) is 60.4 Å². The predicted octanol–water partition coefficient (Wildman–Crippen LogP) is 3.60. The molecule has 0 fully saturated rings. The molecule has 3 nitrogen and oxygen atoms in total. The zero-order valence-corrected chi connectivity index (χ0v) is 11.0. The normalized spacial score (nSPS) is 11.8. The lowest BCUT2D eigenvalue weighted by atomic mass is 9.93. The van der Waals surface area contributed by atoms with E-state index in [4.69, 9.17) is 0 Å². The van der Waals surface area contributed by atoms with Crippen LogP contribution in [0.2, 0.25) is 0 Å². The highest BCUT2D eigenvalue weighted by atomic mass is 16.1. The van der Waals surface area contributed by atoms with E-state index in [0.29, 0.717) is 0 Å². The van der Waals surface area contributed by atoms with Crippen LogP contribution in [-0.2, 0) is 4.79 Å². The number of carbonyl (C=O) groups excluding carboxylic acids is 1. The first-order chi connectivity index (χ1) is 9.31. The summed E-state index contributed by atoms with van der Waals surface area (Å²) < 4.78 is 0. The Labute approximate surface area is 113 Å². The number of amides is 1. The third-order valence-electron chi connectivity index (χ3n) is 3.04. The number of benzene rings is 1. The van der Waals surface area contributed by atoms with Crippen LogP contribution in [-0.4, -0.2) is 10.9 Å². The number of rotatable bonds is 5. The molecule has 0 saturated heterocycles. The van der Waals surface area contributed by atoms with Gasteiger partial charge in [0.05, 0.1) is 5.92 Å². The van der Waals surface area contributed by atoms with Gasteiger partial charge in [0.1, 0.15) is 0 Å². The van der Waals surface area contributed by atoms with E-state index >= 15 is 0 Å². The van der Waals surface area contributed by atoms with Crippen molar-refractivity contribution in [1.82, 2.24) is 4.98 Å². The van der Waals surface area contributed by atoms with Crippen LogP contribution >= 0.6 is 0 Å². The van der Waals surface area contributed by atoms with Gasteiger partial charge in [-0.1, -0.05) is 43.7 Å². The minimum Gasteiger partial charge on any atom is -0.325 e. The number of nitrogens with one attached hydrogen (secondary N) is 1. The smallest absolute Gasteiger partial charge is 0.231 e. The van der Waals surface area contributed by atoms with Crippen molar-refractivity contribution in [3.63, 3.8) is 0 Å². The maximum atomic E-state index is 12.4. The largest absolute Gasteiger partial charge is 0.325 e. The van der Waals surface area contributed by atoms with E-state index in [1.54, 1.807) is 24.5 Å². The highest BCUT2D eigenvalue weighted by molar-refractivity contribution is 5.95. The summed E-state index contributed by atoms with van der Waals surface area (Å²) in [6.45, 7) is 2.09. The molecule has 0 radical (unpaired) electrons. The van der Waals surface area contributed by atoms with Gasteiger partial charge in [-0.05, 0) is 24.1 Å². The Bertz CT molecular complexity index is 511. The second-order valence-corrected chi connectivity index (χ2v) is 4.48. The van der Waals surface area contributed by atoms with E-state index in [0.717, 1.165) is 24.1 Å². The molecule has 1 heterocycles. The topological polar surface area (TPSA) is 42.0 Å². The minimum atomic E-state index is -0.0978. The summed E-state index contributed by atoms with van der Waals surface area (Å²) in [6.07, 6.45) is 5.17. The fraction of sp³-hybridized carbons (Fsp3) is 0.250. The second-order valence-electron chi connectivity index (χ2n) is 4.48. The van der Waals surface area contributed by atoms with Gasteiger partial charge in [-0.2, -0.15) is 0 Å². The van der Waals surface area contributed by atoms with Crippen molar-refractivity contribution in [1.29, 1.82) is 0 Å². The van der Waals surface area contributed by atoms with Gasteiger partial charge >= 0.3 is 0 Å². The molecular weight excluding hydrogens is 236 g/mol. The molecule has 1 aromatic carbocycles. The molecule has 1 amide bonds. The summed E-state index contributed by atoms with van der Waals surface area (Å²) in [6, 6.07) is 13.5. The van der Waals surface area contributed by atoms with E-state index < -0.39 is 0 Å². The number of aromatic nitrogens is 1. The number of hydrogen-bond donors (Lipinski definition) is 1. The first kappa shape index (κ1) is 13.3. The van der Waals surface area contributed by atoms with E-state index in [1.807, 2.05) is 30.3 Å². The van der Waals surface area contributed by atoms with Gasteiger partial charge in [0.2, 0.25) is 5.91 Å². The molecule has 2 aromatic rings. The first-order valence-electron chi connectivity index (χ1n) is 6.57. The summed E-state index contributed by atoms with van der Waals surface area (Å²) in [5, 5.41) is 2.95. The third-order valence-corrected chi connectivity index (χ3v) is 3.04. The summed E-state index contributed by atoms with van der Waals surface area (Å²) in [7, 11) is 0. The van der Waals surface area contributed by atoms with Crippen molar-refractivity contribution < 1.29 is 4.79 Å². The van der Waals surface area contributed by atoms with Gasteiger partial charge in [0, 0.05) is 18.1 Å². The van der Waals surface area contributed by atoms with Crippen LogP contribution in [0.4, 0.5) is 5.69 Å². The molecule has 3 heteroatoms. The Morgan fingerprint density at radius 3 is 2.47 bits per heavy atom. The van der Waals surface area contributed by atoms with Gasteiger partial charge in [0.15, 0.2) is 0 Å². The maximum Gasteiger partial charge on any atom is 0.231 e. The van der Waals surface area contributed by atoms with Crippen LogP contribution in [0.1, 0.15) is 31.2 Å². The summed E-state index contributed by atoms with van der Waals surface area (Å²) >= 11 is 0. The van der Waals surface area contributed by atoms with Gasteiger partial charge in [-0.25, -0.2) is 0 Å². The molecule has 0 unspecified atom stereocenters. The van der Waals surface area contributed by atoms with Crippen molar-refractivity contribution in [2.75, 3.05) is 5.32 Å². The lowest BCUT2D eigenvalue weighted by Gasteiger charge is -2.16. The lowest BCUT2D eigenvalue weighted by molar-refractivity contribution is -0.117. The Balaban J connectivity index is 2.13. The molecule has 0 aliphatic carbocycles.